The Hall–Kier alpha value is -1.07. The summed E-state index contributed by atoms with van der Waals surface area (Å²) >= 11 is 3.24. The van der Waals surface area contributed by atoms with Gasteiger partial charge < -0.3 is 5.11 Å². The van der Waals surface area contributed by atoms with Crippen LogP contribution in [0.15, 0.2) is 4.47 Å². The van der Waals surface area contributed by atoms with E-state index in [0.717, 1.165) is 0 Å². The number of rotatable bonds is 2. The van der Waals surface area contributed by atoms with E-state index in [1.807, 2.05) is 0 Å². The Balaban J connectivity index is 3.45. The van der Waals surface area contributed by atoms with Crippen LogP contribution in [0.2, 0.25) is 0 Å². The summed E-state index contributed by atoms with van der Waals surface area (Å²) in [4.78, 5) is 20.5. The number of carbonyl (C=O) groups excluding carboxylic acids is 1. The number of hydrogen-bond acceptors (Lipinski definition) is 4. The highest BCUT2D eigenvalue weighted by Crippen LogP contribution is 2.36. The van der Waals surface area contributed by atoms with Crippen LogP contribution >= 0.6 is 15.9 Å². The van der Waals surface area contributed by atoms with Crippen molar-refractivity contribution in [3.8, 4) is 5.75 Å². The first kappa shape index (κ1) is 13.0. The predicted molar refractivity (Wildman–Crippen MR) is 62.4 cm³/mol. The second kappa shape index (κ2) is 4.84. The minimum absolute atomic E-state index is 0.143. The molecule has 0 bridgehead atoms. The Morgan fingerprint density at radius 3 is 2.25 bits per heavy atom. The molecule has 88 valence electrons. The number of phenols is 1. The lowest BCUT2D eigenvalue weighted by Gasteiger charge is -2.14. The first-order valence-electron chi connectivity index (χ1n) is 4.65. The van der Waals surface area contributed by atoms with Crippen LogP contribution in [-0.2, 0) is 9.78 Å². The Morgan fingerprint density at radius 1 is 1.19 bits per heavy atom. The van der Waals surface area contributed by atoms with Gasteiger partial charge >= 0.3 is 5.97 Å². The Kier molecular flexibility index (Phi) is 3.93. The fraction of sp³-hybridized carbons (Fsp3) is 0.364. The van der Waals surface area contributed by atoms with E-state index in [4.69, 9.17) is 0 Å². The molecule has 0 atom stereocenters. The maximum atomic E-state index is 11.7. The first-order valence-corrected chi connectivity index (χ1v) is 5.44. The monoisotopic (exact) mass is 288 g/mol. The SMILES string of the molecule is COOC(=O)c1c(C)c(C)c(O)c(Br)c1C. The molecule has 5 heteroatoms. The molecule has 0 saturated carbocycles. The molecule has 1 aromatic rings. The van der Waals surface area contributed by atoms with Gasteiger partial charge in [0.15, 0.2) is 0 Å². The van der Waals surface area contributed by atoms with Crippen molar-refractivity contribution >= 4 is 21.9 Å². The minimum atomic E-state index is -0.568. The van der Waals surface area contributed by atoms with Crippen LogP contribution in [0.4, 0.5) is 0 Å². The van der Waals surface area contributed by atoms with Gasteiger partial charge in [-0.3, -0.25) is 4.89 Å². The average molecular weight is 289 g/mol. The fourth-order valence-electron chi connectivity index (χ4n) is 1.52. The van der Waals surface area contributed by atoms with Crippen LogP contribution in [-0.4, -0.2) is 18.2 Å². The van der Waals surface area contributed by atoms with Crippen LogP contribution in [0, 0.1) is 20.8 Å². The molecule has 0 saturated heterocycles. The van der Waals surface area contributed by atoms with Gasteiger partial charge in [-0.25, -0.2) is 4.79 Å². The number of carbonyl (C=O) groups is 1. The summed E-state index contributed by atoms with van der Waals surface area (Å²) in [6.07, 6.45) is 0. The van der Waals surface area contributed by atoms with Crippen molar-refractivity contribution < 1.29 is 19.7 Å². The molecule has 0 aliphatic carbocycles. The van der Waals surface area contributed by atoms with Crippen LogP contribution in [0.1, 0.15) is 27.0 Å². The zero-order valence-corrected chi connectivity index (χ0v) is 11.1. The number of phenolic OH excluding ortho intramolecular Hbond substituents is 1. The molecule has 0 aliphatic heterocycles. The second-order valence-electron chi connectivity index (χ2n) is 3.45. The van der Waals surface area contributed by atoms with E-state index in [0.29, 0.717) is 26.7 Å². The molecule has 0 radical (unpaired) electrons. The summed E-state index contributed by atoms with van der Waals surface area (Å²) in [6, 6.07) is 0. The van der Waals surface area contributed by atoms with Gasteiger partial charge in [0.25, 0.3) is 0 Å². The molecule has 0 unspecified atom stereocenters. The van der Waals surface area contributed by atoms with E-state index in [-0.39, 0.29) is 5.75 Å². The van der Waals surface area contributed by atoms with Crippen LogP contribution in [0.25, 0.3) is 0 Å². The lowest BCUT2D eigenvalue weighted by Crippen LogP contribution is -2.10. The van der Waals surface area contributed by atoms with Crippen LogP contribution < -0.4 is 0 Å². The Bertz CT molecular complexity index is 411. The smallest absolute Gasteiger partial charge is 0.373 e. The standard InChI is InChI=1S/C11H13BrO4/c1-5-6(2)10(13)9(12)7(3)8(5)11(14)16-15-4/h13H,1-4H3. The summed E-state index contributed by atoms with van der Waals surface area (Å²) in [6.45, 7) is 5.21. The quantitative estimate of drug-likeness (QED) is 0.672. The third kappa shape index (κ3) is 2.05. The van der Waals surface area contributed by atoms with Gasteiger partial charge in [0.1, 0.15) is 5.75 Å². The van der Waals surface area contributed by atoms with Crippen molar-refractivity contribution in [3.05, 3.63) is 26.7 Å². The number of hydrogen-bond donors (Lipinski definition) is 1. The second-order valence-corrected chi connectivity index (χ2v) is 4.24. The Labute approximate surface area is 102 Å². The topological polar surface area (TPSA) is 55.8 Å². The number of aromatic hydroxyl groups is 1. The van der Waals surface area contributed by atoms with Gasteiger partial charge in [0.05, 0.1) is 17.1 Å². The van der Waals surface area contributed by atoms with Crippen molar-refractivity contribution in [1.29, 1.82) is 0 Å². The lowest BCUT2D eigenvalue weighted by atomic mass is 9.97. The maximum Gasteiger partial charge on any atom is 0.373 e. The third-order valence-electron chi connectivity index (χ3n) is 2.57. The molecule has 1 aromatic carbocycles. The molecular formula is C11H13BrO4. The normalized spacial score (nSPS) is 10.3. The summed E-state index contributed by atoms with van der Waals surface area (Å²) in [5, 5.41) is 9.77. The van der Waals surface area contributed by atoms with E-state index < -0.39 is 5.97 Å². The predicted octanol–water partition coefficient (Wildman–Crippen LogP) is 2.80. The van der Waals surface area contributed by atoms with Crippen molar-refractivity contribution in [2.45, 2.75) is 20.8 Å². The van der Waals surface area contributed by atoms with Crippen molar-refractivity contribution in [3.63, 3.8) is 0 Å². The molecule has 0 amide bonds. The minimum Gasteiger partial charge on any atom is -0.506 e. The zero-order chi connectivity index (χ0) is 12.5. The number of halogens is 1. The first-order chi connectivity index (χ1) is 7.41. The molecule has 0 aliphatic rings. The summed E-state index contributed by atoms with van der Waals surface area (Å²) in [7, 11) is 1.27. The van der Waals surface area contributed by atoms with Gasteiger partial charge in [0.2, 0.25) is 0 Å². The van der Waals surface area contributed by atoms with E-state index in [1.165, 1.54) is 7.11 Å². The fourth-order valence-corrected chi connectivity index (χ4v) is 2.02. The highest BCUT2D eigenvalue weighted by Gasteiger charge is 2.21. The zero-order valence-electron chi connectivity index (χ0n) is 9.55. The molecule has 0 aromatic heterocycles. The van der Waals surface area contributed by atoms with Crippen molar-refractivity contribution in [2.75, 3.05) is 7.11 Å². The summed E-state index contributed by atoms with van der Waals surface area (Å²) in [5.41, 5.74) is 2.35. The largest absolute Gasteiger partial charge is 0.506 e. The molecule has 1 rings (SSSR count). The molecule has 0 spiro atoms. The van der Waals surface area contributed by atoms with Gasteiger partial charge in [-0.2, -0.15) is 4.89 Å². The van der Waals surface area contributed by atoms with E-state index in [9.17, 15) is 9.90 Å². The number of benzene rings is 1. The summed E-state index contributed by atoms with van der Waals surface area (Å²) in [5.74, 6) is -0.426. The van der Waals surface area contributed by atoms with Gasteiger partial charge in [0, 0.05) is 0 Å². The van der Waals surface area contributed by atoms with Crippen LogP contribution in [0.3, 0.4) is 0 Å². The molecule has 4 nitrogen and oxygen atoms in total. The van der Waals surface area contributed by atoms with Gasteiger partial charge in [-0.05, 0) is 53.4 Å². The van der Waals surface area contributed by atoms with Gasteiger partial charge in [-0.1, -0.05) is 0 Å². The Morgan fingerprint density at radius 2 is 1.75 bits per heavy atom. The molecule has 16 heavy (non-hydrogen) atoms. The van der Waals surface area contributed by atoms with Gasteiger partial charge in [-0.15, -0.1) is 0 Å². The van der Waals surface area contributed by atoms with Crippen LogP contribution in [0.5, 0.6) is 5.75 Å². The highest BCUT2D eigenvalue weighted by molar-refractivity contribution is 9.10. The van der Waals surface area contributed by atoms with E-state index in [1.54, 1.807) is 20.8 Å². The van der Waals surface area contributed by atoms with Crippen molar-refractivity contribution in [2.24, 2.45) is 0 Å². The maximum absolute atomic E-state index is 11.7. The molecule has 0 fully saturated rings. The molecule has 0 heterocycles. The average Bonchev–Trinajstić information content (AvgIpc) is 2.24. The van der Waals surface area contributed by atoms with E-state index >= 15 is 0 Å². The molecule has 1 N–H and O–H groups in total. The molecular weight excluding hydrogens is 276 g/mol. The van der Waals surface area contributed by atoms with Crippen molar-refractivity contribution in [1.82, 2.24) is 0 Å². The van der Waals surface area contributed by atoms with E-state index in [2.05, 4.69) is 25.7 Å². The summed E-state index contributed by atoms with van der Waals surface area (Å²) < 4.78 is 0.499. The highest BCUT2D eigenvalue weighted by atomic mass is 79.9. The lowest BCUT2D eigenvalue weighted by molar-refractivity contribution is -0.216. The third-order valence-corrected chi connectivity index (χ3v) is 3.54.